The van der Waals surface area contributed by atoms with Crippen molar-refractivity contribution in [1.29, 1.82) is 0 Å². The normalized spacial score (nSPS) is 26.1. The Balaban J connectivity index is 1.67. The minimum absolute atomic E-state index is 0.0317. The number of anilines is 1. The van der Waals surface area contributed by atoms with Crippen molar-refractivity contribution in [2.24, 2.45) is 11.8 Å². The van der Waals surface area contributed by atoms with Crippen molar-refractivity contribution < 1.29 is 23.9 Å². The first-order chi connectivity index (χ1) is 16.3. The van der Waals surface area contributed by atoms with Crippen LogP contribution in [-0.4, -0.2) is 28.4 Å². The number of aryl methyl sites for hydroxylation is 1. The van der Waals surface area contributed by atoms with Crippen LogP contribution < -0.4 is 10.2 Å². The summed E-state index contributed by atoms with van der Waals surface area (Å²) in [5, 5.41) is 13.5. The number of hydrogen-bond acceptors (Lipinski definition) is 4. The van der Waals surface area contributed by atoms with E-state index in [4.69, 9.17) is 0 Å². The summed E-state index contributed by atoms with van der Waals surface area (Å²) >= 11 is 0. The number of amides is 2. The zero-order chi connectivity index (χ0) is 24.0. The molecule has 0 saturated carbocycles. The number of benzene rings is 3. The standard InChI is InChI=1S/C27H23FN2O4/c1-16-11-13-18(14-12-16)30-24(31)21-22(25(30)32)27(26(33)34,15-17-7-3-2-4-8-17)29-23(21)19-9-5-6-10-20(19)28/h2-14,21-23,29H,15H2,1H3,(H,33,34)/t21-,22+,23-,27+/m0/s1. The van der Waals surface area contributed by atoms with E-state index in [9.17, 15) is 23.9 Å². The second-order valence-electron chi connectivity index (χ2n) is 8.93. The molecule has 0 bridgehead atoms. The molecule has 34 heavy (non-hydrogen) atoms. The summed E-state index contributed by atoms with van der Waals surface area (Å²) in [6.45, 7) is 1.89. The van der Waals surface area contributed by atoms with Crippen molar-refractivity contribution >= 4 is 23.5 Å². The maximum atomic E-state index is 14.9. The van der Waals surface area contributed by atoms with Gasteiger partial charge in [-0.25, -0.2) is 9.29 Å². The van der Waals surface area contributed by atoms with Crippen LogP contribution in [0.2, 0.25) is 0 Å². The first kappa shape index (κ1) is 22.0. The van der Waals surface area contributed by atoms with Gasteiger partial charge in [-0.05, 0) is 30.7 Å². The van der Waals surface area contributed by atoms with E-state index in [-0.39, 0.29) is 12.0 Å². The van der Waals surface area contributed by atoms with E-state index < -0.39 is 47.0 Å². The molecule has 2 fully saturated rings. The smallest absolute Gasteiger partial charge is 0.325 e. The van der Waals surface area contributed by atoms with E-state index >= 15 is 0 Å². The van der Waals surface area contributed by atoms with E-state index in [1.54, 1.807) is 54.6 Å². The highest BCUT2D eigenvalue weighted by Crippen LogP contribution is 2.51. The Morgan fingerprint density at radius 2 is 1.62 bits per heavy atom. The molecule has 2 heterocycles. The van der Waals surface area contributed by atoms with Crippen molar-refractivity contribution in [2.45, 2.75) is 24.9 Å². The molecule has 0 aliphatic carbocycles. The second kappa shape index (κ2) is 8.18. The van der Waals surface area contributed by atoms with E-state index in [1.807, 2.05) is 13.0 Å². The zero-order valence-corrected chi connectivity index (χ0v) is 18.4. The number of carboxylic acids is 1. The van der Waals surface area contributed by atoms with Gasteiger partial charge in [0.1, 0.15) is 11.4 Å². The molecular weight excluding hydrogens is 435 g/mol. The molecule has 0 spiro atoms. The molecule has 7 heteroatoms. The summed E-state index contributed by atoms with van der Waals surface area (Å²) in [6, 6.07) is 20.8. The third-order valence-corrected chi connectivity index (χ3v) is 6.89. The number of carbonyl (C=O) groups is 3. The molecule has 2 aliphatic rings. The first-order valence-corrected chi connectivity index (χ1v) is 11.1. The molecule has 3 aromatic rings. The van der Waals surface area contributed by atoms with Gasteiger partial charge >= 0.3 is 5.97 Å². The number of fused-ring (bicyclic) bond motifs is 1. The Morgan fingerprint density at radius 3 is 2.26 bits per heavy atom. The quantitative estimate of drug-likeness (QED) is 0.570. The number of nitrogens with zero attached hydrogens (tertiary/aromatic N) is 1. The van der Waals surface area contributed by atoms with Crippen molar-refractivity contribution in [3.05, 3.63) is 101 Å². The number of aliphatic carboxylic acids is 1. The maximum Gasteiger partial charge on any atom is 0.325 e. The Labute approximate surface area is 196 Å². The SMILES string of the molecule is Cc1ccc(N2C(=O)[C@@H]3[C@H](c4ccccc4F)N[C@@](Cc4ccccc4)(C(=O)O)[C@H]3C2=O)cc1. The van der Waals surface area contributed by atoms with E-state index in [0.717, 1.165) is 10.5 Å². The van der Waals surface area contributed by atoms with Gasteiger partial charge in [0, 0.05) is 18.0 Å². The maximum absolute atomic E-state index is 14.9. The number of hydrogen-bond donors (Lipinski definition) is 2. The molecule has 5 rings (SSSR count). The monoisotopic (exact) mass is 458 g/mol. The fraction of sp³-hybridized carbons (Fsp3) is 0.222. The molecule has 172 valence electrons. The van der Waals surface area contributed by atoms with E-state index in [1.165, 1.54) is 18.2 Å². The van der Waals surface area contributed by atoms with Crippen LogP contribution in [0, 0.1) is 24.6 Å². The van der Waals surface area contributed by atoms with Gasteiger partial charge in [0.15, 0.2) is 0 Å². The lowest BCUT2D eigenvalue weighted by Crippen LogP contribution is -2.57. The minimum atomic E-state index is -1.79. The van der Waals surface area contributed by atoms with Crippen LogP contribution in [0.15, 0.2) is 78.9 Å². The van der Waals surface area contributed by atoms with Gasteiger partial charge in [0.25, 0.3) is 0 Å². The number of halogens is 1. The molecule has 6 nitrogen and oxygen atoms in total. The minimum Gasteiger partial charge on any atom is -0.480 e. The second-order valence-corrected chi connectivity index (χ2v) is 8.93. The van der Waals surface area contributed by atoms with Gasteiger partial charge in [0.05, 0.1) is 17.5 Å². The van der Waals surface area contributed by atoms with Crippen LogP contribution >= 0.6 is 0 Å². The lowest BCUT2D eigenvalue weighted by atomic mass is 9.76. The van der Waals surface area contributed by atoms with Crippen molar-refractivity contribution in [2.75, 3.05) is 4.90 Å². The predicted octanol–water partition coefficient (Wildman–Crippen LogP) is 3.65. The molecule has 2 amide bonds. The van der Waals surface area contributed by atoms with E-state index in [2.05, 4.69) is 5.32 Å². The van der Waals surface area contributed by atoms with Crippen LogP contribution in [0.5, 0.6) is 0 Å². The summed E-state index contributed by atoms with van der Waals surface area (Å²) in [5.41, 5.74) is 0.407. The highest BCUT2D eigenvalue weighted by molar-refractivity contribution is 6.24. The van der Waals surface area contributed by atoms with Gasteiger partial charge in [-0.1, -0.05) is 66.2 Å². The van der Waals surface area contributed by atoms with Gasteiger partial charge < -0.3 is 5.11 Å². The van der Waals surface area contributed by atoms with Crippen molar-refractivity contribution in [3.63, 3.8) is 0 Å². The summed E-state index contributed by atoms with van der Waals surface area (Å²) < 4.78 is 14.9. The third-order valence-electron chi connectivity index (χ3n) is 6.89. The topological polar surface area (TPSA) is 86.7 Å². The molecule has 0 radical (unpaired) electrons. The number of carboxylic acid groups (broad SMARTS) is 1. The fourth-order valence-electron chi connectivity index (χ4n) is 5.30. The summed E-state index contributed by atoms with van der Waals surface area (Å²) in [5.74, 6) is -5.21. The zero-order valence-electron chi connectivity index (χ0n) is 18.4. The van der Waals surface area contributed by atoms with Gasteiger partial charge in [-0.3, -0.25) is 19.7 Å². The molecule has 0 aromatic heterocycles. The molecule has 0 unspecified atom stereocenters. The van der Waals surface area contributed by atoms with Crippen LogP contribution in [-0.2, 0) is 20.8 Å². The van der Waals surface area contributed by atoms with E-state index in [0.29, 0.717) is 11.3 Å². The first-order valence-electron chi connectivity index (χ1n) is 11.1. The largest absolute Gasteiger partial charge is 0.480 e. The Bertz CT molecular complexity index is 1280. The summed E-state index contributed by atoms with van der Waals surface area (Å²) in [7, 11) is 0. The Hall–Kier alpha value is -3.84. The van der Waals surface area contributed by atoms with Gasteiger partial charge in [-0.15, -0.1) is 0 Å². The number of carbonyl (C=O) groups excluding carboxylic acids is 2. The highest BCUT2D eigenvalue weighted by Gasteiger charge is 2.68. The number of imide groups is 1. The van der Waals surface area contributed by atoms with Gasteiger partial charge in [0.2, 0.25) is 11.8 Å². The number of nitrogens with one attached hydrogen (secondary N) is 1. The van der Waals surface area contributed by atoms with Crippen LogP contribution in [0.25, 0.3) is 0 Å². The molecule has 2 aliphatic heterocycles. The van der Waals surface area contributed by atoms with Crippen molar-refractivity contribution in [1.82, 2.24) is 5.32 Å². The molecule has 4 atom stereocenters. The Kier molecular flexibility index (Phi) is 5.29. The average Bonchev–Trinajstić information content (AvgIpc) is 3.30. The van der Waals surface area contributed by atoms with Crippen LogP contribution in [0.1, 0.15) is 22.7 Å². The molecule has 2 N–H and O–H groups in total. The molecular formula is C27H23FN2O4. The lowest BCUT2D eigenvalue weighted by Gasteiger charge is -2.31. The average molecular weight is 458 g/mol. The Morgan fingerprint density at radius 1 is 0.971 bits per heavy atom. The summed E-state index contributed by atoms with van der Waals surface area (Å²) in [4.78, 5) is 41.3. The van der Waals surface area contributed by atoms with Gasteiger partial charge in [-0.2, -0.15) is 0 Å². The predicted molar refractivity (Wildman–Crippen MR) is 123 cm³/mol. The third kappa shape index (κ3) is 3.31. The summed E-state index contributed by atoms with van der Waals surface area (Å²) in [6.07, 6.45) is -0.0317. The number of rotatable bonds is 5. The van der Waals surface area contributed by atoms with Crippen LogP contribution in [0.3, 0.4) is 0 Å². The van der Waals surface area contributed by atoms with Crippen molar-refractivity contribution in [3.8, 4) is 0 Å². The van der Waals surface area contributed by atoms with Crippen LogP contribution in [0.4, 0.5) is 10.1 Å². The lowest BCUT2D eigenvalue weighted by molar-refractivity contribution is -0.148. The molecule has 2 saturated heterocycles. The molecule has 3 aromatic carbocycles. The fourth-order valence-corrected chi connectivity index (χ4v) is 5.30. The highest BCUT2D eigenvalue weighted by atomic mass is 19.1.